The molecule has 0 saturated heterocycles. The Balaban J connectivity index is 2.82. The highest BCUT2D eigenvalue weighted by Gasteiger charge is 2.19. The number of halogens is 1. The van der Waals surface area contributed by atoms with Gasteiger partial charge in [0.2, 0.25) is 0 Å². The Morgan fingerprint density at radius 1 is 1.07 bits per heavy atom. The van der Waals surface area contributed by atoms with Crippen LogP contribution in [0.25, 0.3) is 0 Å². The van der Waals surface area contributed by atoms with E-state index in [-0.39, 0.29) is 0 Å². The third-order valence-corrected chi connectivity index (χ3v) is 3.24. The maximum atomic E-state index is 5.88. The summed E-state index contributed by atoms with van der Waals surface area (Å²) in [4.78, 5) is 0. The fourth-order valence-electron chi connectivity index (χ4n) is 2.13. The van der Waals surface area contributed by atoms with Crippen LogP contribution in [0.2, 0.25) is 5.02 Å². The first kappa shape index (κ1) is 12.5. The van der Waals surface area contributed by atoms with Crippen molar-refractivity contribution in [3.05, 3.63) is 34.9 Å². The Bertz CT molecular complexity index is 292. The topological polar surface area (TPSA) is 12.0 Å². The zero-order chi connectivity index (χ0) is 11.4. The first-order chi connectivity index (χ1) is 7.06. The molecule has 0 bridgehead atoms. The zero-order valence-electron chi connectivity index (χ0n) is 9.92. The molecule has 1 rings (SSSR count). The van der Waals surface area contributed by atoms with Crippen LogP contribution in [0, 0.1) is 5.92 Å². The van der Waals surface area contributed by atoms with E-state index in [2.05, 4.69) is 38.2 Å². The van der Waals surface area contributed by atoms with Gasteiger partial charge < -0.3 is 5.32 Å². The second-order valence-electron chi connectivity index (χ2n) is 4.40. The molecule has 0 saturated carbocycles. The minimum Gasteiger partial charge on any atom is -0.316 e. The highest BCUT2D eigenvalue weighted by molar-refractivity contribution is 6.30. The second kappa shape index (κ2) is 5.53. The Morgan fingerprint density at radius 3 is 2.00 bits per heavy atom. The van der Waals surface area contributed by atoms with Gasteiger partial charge in [-0.25, -0.2) is 0 Å². The predicted molar refractivity (Wildman–Crippen MR) is 67.6 cm³/mol. The van der Waals surface area contributed by atoms with Crippen LogP contribution < -0.4 is 5.32 Å². The second-order valence-corrected chi connectivity index (χ2v) is 4.84. The van der Waals surface area contributed by atoms with Crippen LogP contribution in [0.4, 0.5) is 0 Å². The molecule has 2 atom stereocenters. The summed E-state index contributed by atoms with van der Waals surface area (Å²) >= 11 is 5.88. The molecule has 0 aliphatic carbocycles. The van der Waals surface area contributed by atoms with Gasteiger partial charge in [0, 0.05) is 11.1 Å². The molecule has 0 spiro atoms. The van der Waals surface area contributed by atoms with Gasteiger partial charge in [0.05, 0.1) is 0 Å². The number of hydrogen-bond acceptors (Lipinski definition) is 1. The lowest BCUT2D eigenvalue weighted by Gasteiger charge is -2.27. The van der Waals surface area contributed by atoms with Gasteiger partial charge in [-0.15, -0.1) is 0 Å². The van der Waals surface area contributed by atoms with Gasteiger partial charge in [-0.1, -0.05) is 44.5 Å². The molecule has 0 radical (unpaired) electrons. The van der Waals surface area contributed by atoms with E-state index in [1.165, 1.54) is 5.56 Å². The van der Waals surface area contributed by atoms with Crippen molar-refractivity contribution in [3.8, 4) is 0 Å². The van der Waals surface area contributed by atoms with Crippen LogP contribution >= 0.6 is 11.6 Å². The lowest BCUT2D eigenvalue weighted by Crippen LogP contribution is -2.35. The van der Waals surface area contributed by atoms with E-state index in [1.54, 1.807) is 0 Å². The molecule has 15 heavy (non-hydrogen) atoms. The average molecular weight is 226 g/mol. The number of benzene rings is 1. The molecule has 1 nitrogen and oxygen atoms in total. The van der Waals surface area contributed by atoms with Crippen LogP contribution in [-0.2, 0) is 0 Å². The van der Waals surface area contributed by atoms with Crippen LogP contribution in [0.1, 0.15) is 32.3 Å². The Morgan fingerprint density at radius 2 is 1.60 bits per heavy atom. The largest absolute Gasteiger partial charge is 0.316 e. The summed E-state index contributed by atoms with van der Waals surface area (Å²) in [6.07, 6.45) is 0. The summed E-state index contributed by atoms with van der Waals surface area (Å²) in [5, 5.41) is 4.18. The molecule has 0 fully saturated rings. The molecule has 84 valence electrons. The summed E-state index contributed by atoms with van der Waals surface area (Å²) in [7, 11) is 2.02. The molecule has 0 aromatic heterocycles. The quantitative estimate of drug-likeness (QED) is 0.824. The summed E-state index contributed by atoms with van der Waals surface area (Å²) in [6.45, 7) is 6.74. The minimum atomic E-state index is 0.506. The highest BCUT2D eigenvalue weighted by atomic mass is 35.5. The van der Waals surface area contributed by atoms with Crippen LogP contribution in [0.5, 0.6) is 0 Å². The van der Waals surface area contributed by atoms with E-state index in [1.807, 2.05) is 19.2 Å². The molecule has 1 aromatic carbocycles. The lowest BCUT2D eigenvalue weighted by atomic mass is 9.87. The van der Waals surface area contributed by atoms with Gasteiger partial charge >= 0.3 is 0 Å². The third kappa shape index (κ3) is 3.22. The van der Waals surface area contributed by atoms with Crippen LogP contribution in [-0.4, -0.2) is 13.1 Å². The van der Waals surface area contributed by atoms with Crippen molar-refractivity contribution in [2.24, 2.45) is 5.92 Å². The van der Waals surface area contributed by atoms with Crippen LogP contribution in [0.15, 0.2) is 24.3 Å². The monoisotopic (exact) mass is 225 g/mol. The Hall–Kier alpha value is -0.530. The summed E-state index contributed by atoms with van der Waals surface area (Å²) < 4.78 is 0. The first-order valence-corrected chi connectivity index (χ1v) is 5.86. The van der Waals surface area contributed by atoms with Crippen LogP contribution in [0.3, 0.4) is 0 Å². The summed E-state index contributed by atoms with van der Waals surface area (Å²) in [6, 6.07) is 8.64. The molecule has 0 aliphatic heterocycles. The number of hydrogen-bond donors (Lipinski definition) is 1. The number of nitrogens with one attached hydrogen (secondary N) is 1. The Labute approximate surface area is 97.8 Å². The molecule has 2 unspecified atom stereocenters. The summed E-state index contributed by atoms with van der Waals surface area (Å²) in [5.74, 6) is 1.13. The SMILES string of the molecule is CNC(C(C)C)C(C)c1ccc(Cl)cc1. The Kier molecular flexibility index (Phi) is 4.62. The lowest BCUT2D eigenvalue weighted by molar-refractivity contribution is 0.376. The van der Waals surface area contributed by atoms with Gasteiger partial charge in [-0.3, -0.25) is 0 Å². The normalized spacial score (nSPS) is 15.3. The van der Waals surface area contributed by atoms with E-state index in [9.17, 15) is 0 Å². The van der Waals surface area contributed by atoms with Crippen molar-refractivity contribution in [2.75, 3.05) is 7.05 Å². The number of rotatable bonds is 4. The molecule has 2 heteroatoms. The van der Waals surface area contributed by atoms with Crippen molar-refractivity contribution < 1.29 is 0 Å². The van der Waals surface area contributed by atoms with Gasteiger partial charge in [0.1, 0.15) is 0 Å². The fraction of sp³-hybridized carbons (Fsp3) is 0.538. The van der Waals surface area contributed by atoms with Crippen molar-refractivity contribution in [2.45, 2.75) is 32.7 Å². The maximum Gasteiger partial charge on any atom is 0.0406 e. The third-order valence-electron chi connectivity index (χ3n) is 2.99. The maximum absolute atomic E-state index is 5.88. The molecule has 1 aromatic rings. The molecule has 1 N–H and O–H groups in total. The van der Waals surface area contributed by atoms with Crippen molar-refractivity contribution in [1.29, 1.82) is 0 Å². The zero-order valence-corrected chi connectivity index (χ0v) is 10.7. The highest BCUT2D eigenvalue weighted by Crippen LogP contribution is 2.24. The van der Waals surface area contributed by atoms with E-state index in [4.69, 9.17) is 11.6 Å². The first-order valence-electron chi connectivity index (χ1n) is 5.49. The fourth-order valence-corrected chi connectivity index (χ4v) is 2.26. The van der Waals surface area contributed by atoms with Crippen molar-refractivity contribution in [3.63, 3.8) is 0 Å². The minimum absolute atomic E-state index is 0.506. The standard InChI is InChI=1S/C13H20ClN/c1-9(2)13(15-4)10(3)11-5-7-12(14)8-6-11/h5-10,13,15H,1-4H3. The van der Waals surface area contributed by atoms with Gasteiger partial charge in [-0.05, 0) is 36.6 Å². The van der Waals surface area contributed by atoms with Crippen molar-refractivity contribution >= 4 is 11.6 Å². The number of likely N-dealkylation sites (N-methyl/N-ethyl adjacent to an activating group) is 1. The van der Waals surface area contributed by atoms with E-state index in [0.717, 1.165) is 5.02 Å². The van der Waals surface area contributed by atoms with E-state index >= 15 is 0 Å². The molecule has 0 heterocycles. The van der Waals surface area contributed by atoms with Crippen molar-refractivity contribution in [1.82, 2.24) is 5.32 Å². The molecule has 0 amide bonds. The molecular formula is C13H20ClN. The smallest absolute Gasteiger partial charge is 0.0406 e. The van der Waals surface area contributed by atoms with E-state index in [0.29, 0.717) is 17.9 Å². The van der Waals surface area contributed by atoms with Gasteiger partial charge in [0.25, 0.3) is 0 Å². The van der Waals surface area contributed by atoms with Gasteiger partial charge in [-0.2, -0.15) is 0 Å². The molecular weight excluding hydrogens is 206 g/mol. The molecule has 0 aliphatic rings. The van der Waals surface area contributed by atoms with Gasteiger partial charge in [0.15, 0.2) is 0 Å². The predicted octanol–water partition coefficient (Wildman–Crippen LogP) is 3.69. The van der Waals surface area contributed by atoms with E-state index < -0.39 is 0 Å². The average Bonchev–Trinajstić information content (AvgIpc) is 2.19. The summed E-state index contributed by atoms with van der Waals surface area (Å²) in [5.41, 5.74) is 1.34.